The number of rotatable bonds is 6. The summed E-state index contributed by atoms with van der Waals surface area (Å²) < 4.78 is 7.44. The van der Waals surface area contributed by atoms with Gasteiger partial charge >= 0.3 is 5.69 Å². The second-order valence-corrected chi connectivity index (χ2v) is 10.6. The fraction of sp³-hybridized carbons (Fsp3) is 0.400. The minimum Gasteiger partial charge on any atom is -0.496 e. The summed E-state index contributed by atoms with van der Waals surface area (Å²) in [6, 6.07) is 12.2. The Morgan fingerprint density at radius 2 is 1.84 bits per heavy atom. The van der Waals surface area contributed by atoms with Crippen molar-refractivity contribution in [3.05, 3.63) is 69.9 Å². The van der Waals surface area contributed by atoms with Gasteiger partial charge in [0, 0.05) is 37.9 Å². The average molecular weight is 511 g/mol. The number of anilines is 1. The summed E-state index contributed by atoms with van der Waals surface area (Å²) in [4.78, 5) is 30.9. The van der Waals surface area contributed by atoms with E-state index in [4.69, 9.17) is 14.7 Å². The first-order valence-electron chi connectivity index (χ1n) is 13.5. The Hall–Kier alpha value is -3.78. The van der Waals surface area contributed by atoms with Gasteiger partial charge in [-0.3, -0.25) is 4.98 Å². The van der Waals surface area contributed by atoms with Gasteiger partial charge < -0.3 is 15.0 Å². The van der Waals surface area contributed by atoms with Gasteiger partial charge in [-0.2, -0.15) is 4.98 Å². The Kier molecular flexibility index (Phi) is 6.35. The highest BCUT2D eigenvalue weighted by Gasteiger charge is 2.31. The van der Waals surface area contributed by atoms with Crippen molar-refractivity contribution in [2.75, 3.05) is 38.2 Å². The number of pyridine rings is 2. The van der Waals surface area contributed by atoms with Gasteiger partial charge in [0.1, 0.15) is 11.6 Å². The summed E-state index contributed by atoms with van der Waals surface area (Å²) in [5.74, 6) is 2.05. The fourth-order valence-electron chi connectivity index (χ4n) is 5.51. The number of ether oxygens (including phenoxy) is 1. The van der Waals surface area contributed by atoms with Crippen LogP contribution in [0.15, 0.2) is 47.4 Å². The number of piperazine rings is 1. The van der Waals surface area contributed by atoms with Crippen molar-refractivity contribution in [1.82, 2.24) is 24.8 Å². The smallest absolute Gasteiger partial charge is 0.355 e. The van der Waals surface area contributed by atoms with E-state index in [0.717, 1.165) is 84.2 Å². The molecule has 1 saturated carbocycles. The molecule has 38 heavy (non-hydrogen) atoms. The molecule has 196 valence electrons. The summed E-state index contributed by atoms with van der Waals surface area (Å²) in [6.07, 6.45) is 4.07. The Morgan fingerprint density at radius 3 is 2.55 bits per heavy atom. The summed E-state index contributed by atoms with van der Waals surface area (Å²) in [7, 11) is 1.69. The van der Waals surface area contributed by atoms with Gasteiger partial charge in [-0.05, 0) is 67.0 Å². The average Bonchev–Trinajstić information content (AvgIpc) is 3.78. The number of nitrogens with zero attached hydrogens (tertiary/aromatic N) is 5. The van der Waals surface area contributed by atoms with Crippen LogP contribution in [0, 0.1) is 6.92 Å². The Balaban J connectivity index is 1.73. The molecule has 1 aromatic carbocycles. The van der Waals surface area contributed by atoms with Gasteiger partial charge in [0.2, 0.25) is 0 Å². The first-order valence-corrected chi connectivity index (χ1v) is 13.5. The van der Waals surface area contributed by atoms with E-state index in [1.807, 2.05) is 37.4 Å². The molecule has 2 fully saturated rings. The number of fused-ring (bicyclic) bond motifs is 1. The lowest BCUT2D eigenvalue weighted by molar-refractivity contribution is 0.416. The van der Waals surface area contributed by atoms with Crippen molar-refractivity contribution >= 4 is 16.9 Å². The number of para-hydroxylation sites is 1. The quantitative estimate of drug-likeness (QED) is 0.407. The van der Waals surface area contributed by atoms with Crippen molar-refractivity contribution in [3.8, 4) is 22.7 Å². The van der Waals surface area contributed by atoms with Gasteiger partial charge in [-0.1, -0.05) is 26.0 Å². The van der Waals surface area contributed by atoms with Crippen LogP contribution in [-0.2, 0) is 0 Å². The zero-order valence-corrected chi connectivity index (χ0v) is 22.5. The van der Waals surface area contributed by atoms with E-state index in [-0.39, 0.29) is 11.6 Å². The molecule has 8 nitrogen and oxygen atoms in total. The summed E-state index contributed by atoms with van der Waals surface area (Å²) in [5, 5.41) is 4.31. The molecule has 0 radical (unpaired) electrons. The van der Waals surface area contributed by atoms with E-state index in [0.29, 0.717) is 11.6 Å². The molecule has 2 aliphatic rings. The monoisotopic (exact) mass is 510 g/mol. The van der Waals surface area contributed by atoms with Crippen molar-refractivity contribution in [1.29, 1.82) is 0 Å². The molecule has 6 rings (SSSR count). The zero-order chi connectivity index (χ0) is 26.4. The molecule has 4 heterocycles. The maximum atomic E-state index is 13.9. The molecule has 0 unspecified atom stereocenters. The minimum absolute atomic E-state index is 0.124. The van der Waals surface area contributed by atoms with Crippen LogP contribution in [0.5, 0.6) is 5.75 Å². The van der Waals surface area contributed by atoms with Crippen LogP contribution >= 0.6 is 0 Å². The number of nitrogens with one attached hydrogen (secondary N) is 1. The largest absolute Gasteiger partial charge is 0.496 e. The van der Waals surface area contributed by atoms with Gasteiger partial charge in [0.25, 0.3) is 0 Å². The summed E-state index contributed by atoms with van der Waals surface area (Å²) in [5.41, 5.74) is 5.88. The fourth-order valence-corrected chi connectivity index (χ4v) is 5.51. The Labute approximate surface area is 222 Å². The molecule has 3 aromatic heterocycles. The maximum Gasteiger partial charge on any atom is 0.355 e. The first kappa shape index (κ1) is 24.6. The van der Waals surface area contributed by atoms with Crippen molar-refractivity contribution < 1.29 is 4.74 Å². The molecule has 0 atom stereocenters. The molecule has 1 aliphatic heterocycles. The van der Waals surface area contributed by atoms with E-state index in [1.165, 1.54) is 5.56 Å². The number of benzene rings is 1. The number of aryl methyl sites for hydroxylation is 1. The maximum absolute atomic E-state index is 13.9. The molecular weight excluding hydrogens is 476 g/mol. The van der Waals surface area contributed by atoms with Gasteiger partial charge in [0.15, 0.2) is 5.65 Å². The van der Waals surface area contributed by atoms with Crippen LogP contribution in [-0.4, -0.2) is 52.8 Å². The van der Waals surface area contributed by atoms with E-state index in [2.05, 4.69) is 41.2 Å². The first-order chi connectivity index (χ1) is 18.5. The van der Waals surface area contributed by atoms with Gasteiger partial charge in [-0.25, -0.2) is 14.3 Å². The predicted molar refractivity (Wildman–Crippen MR) is 151 cm³/mol. The van der Waals surface area contributed by atoms with Crippen LogP contribution in [0.2, 0.25) is 0 Å². The minimum atomic E-state index is -0.332. The molecule has 8 heteroatoms. The summed E-state index contributed by atoms with van der Waals surface area (Å²) >= 11 is 0. The second kappa shape index (κ2) is 9.83. The van der Waals surface area contributed by atoms with Crippen molar-refractivity contribution in [2.45, 2.75) is 45.4 Å². The van der Waals surface area contributed by atoms with E-state index >= 15 is 0 Å². The van der Waals surface area contributed by atoms with E-state index in [9.17, 15) is 4.79 Å². The highest BCUT2D eigenvalue weighted by atomic mass is 16.5. The highest BCUT2D eigenvalue weighted by Crippen LogP contribution is 2.47. The standard InChI is InChI=1S/C30H34N6O2/c1-18(2)25-27(19(3)11-12-32-25)36-29-23(28(34-30(36)37)35-15-13-31-14-16-35)17-22(20-9-10-20)26(33-29)21-7-5-6-8-24(21)38-4/h5-8,11-12,17-18,20,31H,9-10,13-16H2,1-4H3. The second-order valence-electron chi connectivity index (χ2n) is 10.6. The van der Waals surface area contributed by atoms with Crippen LogP contribution < -0.4 is 20.6 Å². The van der Waals surface area contributed by atoms with Crippen molar-refractivity contribution in [2.24, 2.45) is 0 Å². The third-order valence-electron chi connectivity index (χ3n) is 7.60. The van der Waals surface area contributed by atoms with Crippen LogP contribution in [0.1, 0.15) is 55.3 Å². The number of aromatic nitrogens is 4. The Morgan fingerprint density at radius 1 is 1.08 bits per heavy atom. The van der Waals surface area contributed by atoms with E-state index in [1.54, 1.807) is 11.7 Å². The normalized spacial score (nSPS) is 15.9. The lowest BCUT2D eigenvalue weighted by atomic mass is 9.99. The highest BCUT2D eigenvalue weighted by molar-refractivity contribution is 5.92. The zero-order valence-electron chi connectivity index (χ0n) is 22.5. The predicted octanol–water partition coefficient (Wildman–Crippen LogP) is 4.57. The topological polar surface area (TPSA) is 85.2 Å². The third kappa shape index (κ3) is 4.22. The molecular formula is C30H34N6O2. The van der Waals surface area contributed by atoms with E-state index < -0.39 is 0 Å². The molecule has 1 aliphatic carbocycles. The molecule has 1 N–H and O–H groups in total. The van der Waals surface area contributed by atoms with Crippen LogP contribution in [0.4, 0.5) is 5.82 Å². The lowest BCUT2D eigenvalue weighted by Crippen LogP contribution is -2.45. The number of hydrogen-bond acceptors (Lipinski definition) is 7. The van der Waals surface area contributed by atoms with Crippen LogP contribution in [0.3, 0.4) is 0 Å². The molecule has 4 aromatic rings. The molecule has 1 saturated heterocycles. The molecule has 0 bridgehead atoms. The van der Waals surface area contributed by atoms with Crippen LogP contribution in [0.25, 0.3) is 28.0 Å². The number of hydrogen-bond donors (Lipinski definition) is 1. The number of methoxy groups -OCH3 is 1. The lowest BCUT2D eigenvalue weighted by Gasteiger charge is -2.30. The van der Waals surface area contributed by atoms with Gasteiger partial charge in [-0.15, -0.1) is 0 Å². The molecule has 0 amide bonds. The Bertz CT molecular complexity index is 1570. The SMILES string of the molecule is COc1ccccc1-c1nc2c(cc1C1CC1)c(N1CCNCC1)nc(=O)n2-c1c(C)ccnc1C(C)C. The van der Waals surface area contributed by atoms with Crippen molar-refractivity contribution in [3.63, 3.8) is 0 Å². The molecule has 0 spiro atoms. The summed E-state index contributed by atoms with van der Waals surface area (Å²) in [6.45, 7) is 9.51. The third-order valence-corrected chi connectivity index (χ3v) is 7.60. The van der Waals surface area contributed by atoms with Gasteiger partial charge in [0.05, 0.1) is 29.6 Å².